The van der Waals surface area contributed by atoms with Gasteiger partial charge in [0.25, 0.3) is 5.91 Å². The first-order valence-electron chi connectivity index (χ1n) is 23.5. The number of aliphatic hydroxyl groups excluding tert-OH is 1. The quantitative estimate of drug-likeness (QED) is 0.0473. The number of rotatable bonds is 40. The molecule has 54 heavy (non-hydrogen) atoms. The molecular formula is C46H88N2O6. The van der Waals surface area contributed by atoms with E-state index in [1.54, 1.807) is 0 Å². The van der Waals surface area contributed by atoms with Crippen LogP contribution < -0.4 is 5.32 Å². The molecule has 1 fully saturated rings. The van der Waals surface area contributed by atoms with Crippen LogP contribution >= 0.6 is 0 Å². The number of carbonyl (C=O) groups excluding carboxylic acids is 3. The molecular weight excluding hydrogens is 677 g/mol. The molecule has 1 rings (SSSR count). The molecule has 0 aliphatic carbocycles. The van der Waals surface area contributed by atoms with Gasteiger partial charge in [-0.1, -0.05) is 156 Å². The van der Waals surface area contributed by atoms with Crippen LogP contribution in [0.4, 0.5) is 0 Å². The molecule has 0 saturated carbocycles. The Labute approximate surface area is 333 Å². The highest BCUT2D eigenvalue weighted by molar-refractivity contribution is 5.92. The van der Waals surface area contributed by atoms with Gasteiger partial charge >= 0.3 is 11.9 Å². The second kappa shape index (κ2) is 36.9. The van der Waals surface area contributed by atoms with Crippen molar-refractivity contribution < 1.29 is 29.0 Å². The third-order valence-corrected chi connectivity index (χ3v) is 11.3. The van der Waals surface area contributed by atoms with Crippen molar-refractivity contribution in [2.75, 3.05) is 26.2 Å². The lowest BCUT2D eigenvalue weighted by atomic mass is 10.0. The van der Waals surface area contributed by atoms with E-state index >= 15 is 0 Å². The lowest BCUT2D eigenvalue weighted by Crippen LogP contribution is -2.53. The van der Waals surface area contributed by atoms with Gasteiger partial charge < -0.3 is 24.8 Å². The molecule has 0 aromatic rings. The summed E-state index contributed by atoms with van der Waals surface area (Å²) < 4.78 is 11.6. The number of nitrogens with zero attached hydrogens (tertiary/aromatic N) is 1. The van der Waals surface area contributed by atoms with Gasteiger partial charge in [-0.05, 0) is 83.7 Å². The van der Waals surface area contributed by atoms with Gasteiger partial charge in [0.05, 0.1) is 6.61 Å². The summed E-state index contributed by atoms with van der Waals surface area (Å²) >= 11 is 0. The molecule has 2 unspecified atom stereocenters. The van der Waals surface area contributed by atoms with Crippen molar-refractivity contribution in [2.24, 2.45) is 0 Å². The molecule has 1 aliphatic rings. The molecule has 1 heterocycles. The van der Waals surface area contributed by atoms with E-state index in [1.807, 2.05) is 0 Å². The van der Waals surface area contributed by atoms with Gasteiger partial charge in [0.15, 0.2) is 6.10 Å². The van der Waals surface area contributed by atoms with Crippen molar-refractivity contribution in [3.05, 3.63) is 0 Å². The number of hydrogen-bond acceptors (Lipinski definition) is 7. The topological polar surface area (TPSA) is 105 Å². The number of ether oxygens (including phenoxy) is 2. The van der Waals surface area contributed by atoms with Crippen molar-refractivity contribution >= 4 is 17.8 Å². The van der Waals surface area contributed by atoms with Gasteiger partial charge in [-0.3, -0.25) is 9.59 Å². The molecule has 318 valence electrons. The zero-order valence-corrected chi connectivity index (χ0v) is 35.8. The lowest BCUT2D eigenvalue weighted by molar-refractivity contribution is -0.166. The molecule has 0 bridgehead atoms. The van der Waals surface area contributed by atoms with Crippen LogP contribution in [0.25, 0.3) is 0 Å². The average molecular weight is 765 g/mol. The number of esters is 2. The molecule has 0 spiro atoms. The third kappa shape index (κ3) is 28.7. The lowest BCUT2D eigenvalue weighted by Gasteiger charge is -2.29. The van der Waals surface area contributed by atoms with Crippen LogP contribution in [-0.4, -0.2) is 72.3 Å². The maximum absolute atomic E-state index is 12.7. The standard InChI is InChI=1S/C46H88N2O6/c1-4-7-10-13-16-17-18-22-27-35-43-45(51)47-42(46(52)54-43)34-29-31-38-48(39-40-49)37-30-24-19-23-28-36-44(50)53-41(32-25-20-14-11-8-5-2)33-26-21-15-12-9-6-3/h41-43,49H,4-40H2,1-3H3,(H,47,51). The second-order valence-corrected chi connectivity index (χ2v) is 16.4. The van der Waals surface area contributed by atoms with Crippen molar-refractivity contribution in [1.82, 2.24) is 10.2 Å². The van der Waals surface area contributed by atoms with Crippen molar-refractivity contribution in [1.29, 1.82) is 0 Å². The van der Waals surface area contributed by atoms with E-state index in [0.717, 1.165) is 96.6 Å². The largest absolute Gasteiger partial charge is 0.462 e. The Morgan fingerprint density at radius 2 is 1.06 bits per heavy atom. The molecule has 1 aliphatic heterocycles. The fraction of sp³-hybridized carbons (Fsp3) is 0.935. The summed E-state index contributed by atoms with van der Waals surface area (Å²) in [6.07, 6.45) is 36.3. The maximum Gasteiger partial charge on any atom is 0.329 e. The Kier molecular flexibility index (Phi) is 34.4. The Bertz CT molecular complexity index is 869. The molecule has 2 N–H and O–H groups in total. The SMILES string of the molecule is CCCCCCCCCCCC1OC(=O)C(CCCCN(CCO)CCCCCCCC(=O)OC(CCCCCCCC)CCCCCCCC)NC1=O. The number of nitrogens with one attached hydrogen (secondary N) is 1. The first-order chi connectivity index (χ1) is 26.4. The molecule has 0 aromatic heterocycles. The molecule has 2 atom stereocenters. The van der Waals surface area contributed by atoms with Crippen molar-refractivity contribution in [2.45, 2.75) is 251 Å². The van der Waals surface area contributed by atoms with E-state index in [0.29, 0.717) is 25.8 Å². The minimum Gasteiger partial charge on any atom is -0.462 e. The van der Waals surface area contributed by atoms with Crippen molar-refractivity contribution in [3.63, 3.8) is 0 Å². The Morgan fingerprint density at radius 1 is 0.611 bits per heavy atom. The predicted octanol–water partition coefficient (Wildman–Crippen LogP) is 11.5. The zero-order chi connectivity index (χ0) is 39.3. The Morgan fingerprint density at radius 3 is 1.59 bits per heavy atom. The molecule has 8 nitrogen and oxygen atoms in total. The predicted molar refractivity (Wildman–Crippen MR) is 225 cm³/mol. The summed E-state index contributed by atoms with van der Waals surface area (Å²) in [6, 6.07) is -0.549. The van der Waals surface area contributed by atoms with Crippen LogP contribution in [0.3, 0.4) is 0 Å². The summed E-state index contributed by atoms with van der Waals surface area (Å²) in [4.78, 5) is 40.3. The Hall–Kier alpha value is -1.67. The Balaban J connectivity index is 2.19. The first-order valence-corrected chi connectivity index (χ1v) is 23.5. The van der Waals surface area contributed by atoms with Crippen molar-refractivity contribution in [3.8, 4) is 0 Å². The first kappa shape index (κ1) is 50.3. The highest BCUT2D eigenvalue weighted by atomic mass is 16.6. The highest BCUT2D eigenvalue weighted by Crippen LogP contribution is 2.20. The third-order valence-electron chi connectivity index (χ3n) is 11.3. The van der Waals surface area contributed by atoms with Crippen LogP contribution in [0.2, 0.25) is 0 Å². The number of cyclic esters (lactones) is 1. The summed E-state index contributed by atoms with van der Waals surface area (Å²) in [6.45, 7) is 9.32. The average Bonchev–Trinajstić information content (AvgIpc) is 3.16. The summed E-state index contributed by atoms with van der Waals surface area (Å²) in [5.41, 5.74) is 0. The fourth-order valence-electron chi connectivity index (χ4n) is 7.73. The number of morpholine rings is 1. The molecule has 0 radical (unpaired) electrons. The number of hydrogen-bond donors (Lipinski definition) is 2. The molecule has 0 aromatic carbocycles. The molecule has 1 saturated heterocycles. The number of carbonyl (C=O) groups is 3. The van der Waals surface area contributed by atoms with E-state index < -0.39 is 12.1 Å². The van der Waals surface area contributed by atoms with Gasteiger partial charge in [0, 0.05) is 13.0 Å². The maximum atomic E-state index is 12.7. The minimum absolute atomic E-state index is 0.0129. The number of aliphatic hydroxyl groups is 1. The molecule has 1 amide bonds. The van der Waals surface area contributed by atoms with Crippen LogP contribution in [0.1, 0.15) is 233 Å². The van der Waals surface area contributed by atoms with Gasteiger partial charge in [-0.2, -0.15) is 0 Å². The van der Waals surface area contributed by atoms with Gasteiger partial charge in [0.1, 0.15) is 12.1 Å². The van der Waals surface area contributed by atoms with E-state index in [1.165, 1.54) is 109 Å². The molecule has 8 heteroatoms. The van der Waals surface area contributed by atoms with E-state index in [9.17, 15) is 19.5 Å². The van der Waals surface area contributed by atoms with Crippen LogP contribution in [-0.2, 0) is 23.9 Å². The minimum atomic E-state index is -0.640. The van der Waals surface area contributed by atoms with E-state index in [-0.39, 0.29) is 30.6 Å². The number of unbranched alkanes of at least 4 members (excludes halogenated alkanes) is 23. The van der Waals surface area contributed by atoms with Gasteiger partial charge in [-0.25, -0.2) is 4.79 Å². The van der Waals surface area contributed by atoms with Crippen LogP contribution in [0.5, 0.6) is 0 Å². The van der Waals surface area contributed by atoms with Crippen LogP contribution in [0.15, 0.2) is 0 Å². The second-order valence-electron chi connectivity index (χ2n) is 16.4. The fourth-order valence-corrected chi connectivity index (χ4v) is 7.73. The summed E-state index contributed by atoms with van der Waals surface area (Å²) in [7, 11) is 0. The number of amides is 1. The zero-order valence-electron chi connectivity index (χ0n) is 35.8. The summed E-state index contributed by atoms with van der Waals surface area (Å²) in [5, 5.41) is 12.5. The monoisotopic (exact) mass is 765 g/mol. The van der Waals surface area contributed by atoms with E-state index in [2.05, 4.69) is 31.0 Å². The van der Waals surface area contributed by atoms with E-state index in [4.69, 9.17) is 9.47 Å². The highest BCUT2D eigenvalue weighted by Gasteiger charge is 2.35. The van der Waals surface area contributed by atoms with Gasteiger partial charge in [-0.15, -0.1) is 0 Å². The van der Waals surface area contributed by atoms with Gasteiger partial charge in [0.2, 0.25) is 0 Å². The van der Waals surface area contributed by atoms with Crippen LogP contribution in [0, 0.1) is 0 Å². The smallest absolute Gasteiger partial charge is 0.329 e. The summed E-state index contributed by atoms with van der Waals surface area (Å²) in [5.74, 6) is -0.452. The normalized spacial score (nSPS) is 16.0.